The second-order valence-electron chi connectivity index (χ2n) is 6.16. The molecule has 1 fully saturated rings. The molecule has 0 radical (unpaired) electrons. The van der Waals surface area contributed by atoms with Crippen molar-refractivity contribution in [2.75, 3.05) is 0 Å². The Morgan fingerprint density at radius 3 is 2.37 bits per heavy atom. The van der Waals surface area contributed by atoms with Crippen LogP contribution in [0.5, 0.6) is 0 Å². The average Bonchev–Trinajstić information content (AvgIpc) is 2.68. The number of nitrogens with two attached hydrogens (primary N) is 1. The first-order valence-electron chi connectivity index (χ1n) is 7.74. The molecule has 2 heteroatoms. The maximum Gasteiger partial charge on any atom is 0.0462 e. The van der Waals surface area contributed by atoms with Gasteiger partial charge in [0.15, 0.2) is 0 Å². The van der Waals surface area contributed by atoms with Gasteiger partial charge in [0.2, 0.25) is 0 Å². The van der Waals surface area contributed by atoms with Gasteiger partial charge in [-0.1, -0.05) is 56.7 Å². The Hall–Kier alpha value is -0.860. The summed E-state index contributed by atoms with van der Waals surface area (Å²) in [5, 5.41) is 0. The summed E-state index contributed by atoms with van der Waals surface area (Å²) in [5.74, 6) is 6.64. The molecule has 0 aliphatic heterocycles. The van der Waals surface area contributed by atoms with E-state index in [0.29, 0.717) is 6.04 Å². The van der Waals surface area contributed by atoms with Gasteiger partial charge >= 0.3 is 0 Å². The first-order chi connectivity index (χ1) is 9.20. The molecule has 2 nitrogen and oxygen atoms in total. The Bertz CT molecular complexity index is 392. The molecule has 1 aliphatic rings. The third kappa shape index (κ3) is 4.05. The Labute approximate surface area is 117 Å². The summed E-state index contributed by atoms with van der Waals surface area (Å²) in [6.45, 7) is 4.34. The quantitative estimate of drug-likeness (QED) is 0.484. The van der Waals surface area contributed by atoms with Crippen LogP contribution >= 0.6 is 0 Å². The van der Waals surface area contributed by atoms with Crippen molar-refractivity contribution in [2.24, 2.45) is 11.8 Å². The SMILES string of the molecule is Cc1ccc(C(CC2CCCCCC2)NN)cc1C. The van der Waals surface area contributed by atoms with Crippen LogP contribution in [0.3, 0.4) is 0 Å². The minimum Gasteiger partial charge on any atom is -0.271 e. The molecular formula is C17H28N2. The van der Waals surface area contributed by atoms with Crippen LogP contribution in [0.4, 0.5) is 0 Å². The fourth-order valence-electron chi connectivity index (χ4n) is 3.21. The van der Waals surface area contributed by atoms with Crippen LogP contribution in [0.15, 0.2) is 18.2 Å². The topological polar surface area (TPSA) is 38.0 Å². The Morgan fingerprint density at radius 2 is 1.79 bits per heavy atom. The van der Waals surface area contributed by atoms with Crippen molar-refractivity contribution < 1.29 is 0 Å². The van der Waals surface area contributed by atoms with Crippen molar-refractivity contribution in [3.8, 4) is 0 Å². The fourth-order valence-corrected chi connectivity index (χ4v) is 3.21. The van der Waals surface area contributed by atoms with E-state index in [2.05, 4.69) is 37.5 Å². The van der Waals surface area contributed by atoms with E-state index in [9.17, 15) is 0 Å². The highest BCUT2D eigenvalue weighted by atomic mass is 15.2. The molecule has 1 saturated carbocycles. The third-order valence-electron chi connectivity index (χ3n) is 4.68. The second kappa shape index (κ2) is 7.06. The summed E-state index contributed by atoms with van der Waals surface area (Å²) in [6, 6.07) is 7.03. The van der Waals surface area contributed by atoms with Crippen molar-refractivity contribution in [3.63, 3.8) is 0 Å². The van der Waals surface area contributed by atoms with Crippen molar-refractivity contribution in [2.45, 2.75) is 64.8 Å². The van der Waals surface area contributed by atoms with Gasteiger partial charge in [0.05, 0.1) is 0 Å². The summed E-state index contributed by atoms with van der Waals surface area (Å²) >= 11 is 0. The van der Waals surface area contributed by atoms with Crippen molar-refractivity contribution in [3.05, 3.63) is 34.9 Å². The van der Waals surface area contributed by atoms with Crippen LogP contribution in [0.25, 0.3) is 0 Å². The fraction of sp³-hybridized carbons (Fsp3) is 0.647. The maximum atomic E-state index is 5.80. The standard InChI is InChI=1S/C17H28N2/c1-13-9-10-16(11-14(13)2)17(19-18)12-15-7-5-3-4-6-8-15/h9-11,15,17,19H,3-8,12,18H2,1-2H3. The molecule has 1 aromatic carbocycles. The molecule has 0 spiro atoms. The summed E-state index contributed by atoms with van der Waals surface area (Å²) in [5.41, 5.74) is 7.09. The molecule has 1 atom stereocenters. The lowest BCUT2D eigenvalue weighted by Gasteiger charge is -2.23. The Balaban J connectivity index is 2.03. The minimum atomic E-state index is 0.308. The minimum absolute atomic E-state index is 0.308. The van der Waals surface area contributed by atoms with Gasteiger partial charge in [-0.15, -0.1) is 0 Å². The smallest absolute Gasteiger partial charge is 0.0462 e. The van der Waals surface area contributed by atoms with E-state index in [4.69, 9.17) is 5.84 Å². The number of benzene rings is 1. The summed E-state index contributed by atoms with van der Waals surface area (Å²) < 4.78 is 0. The average molecular weight is 260 g/mol. The monoisotopic (exact) mass is 260 g/mol. The van der Waals surface area contributed by atoms with Gasteiger partial charge in [0.25, 0.3) is 0 Å². The van der Waals surface area contributed by atoms with Gasteiger partial charge in [0.1, 0.15) is 0 Å². The lowest BCUT2D eigenvalue weighted by molar-refractivity contribution is 0.359. The van der Waals surface area contributed by atoms with Crippen molar-refractivity contribution in [1.82, 2.24) is 5.43 Å². The maximum absolute atomic E-state index is 5.80. The number of hydrazine groups is 1. The summed E-state index contributed by atoms with van der Waals surface area (Å²) in [6.07, 6.45) is 9.57. The Kier molecular flexibility index (Phi) is 5.41. The zero-order chi connectivity index (χ0) is 13.7. The zero-order valence-electron chi connectivity index (χ0n) is 12.4. The van der Waals surface area contributed by atoms with E-state index in [-0.39, 0.29) is 0 Å². The third-order valence-corrected chi connectivity index (χ3v) is 4.68. The first-order valence-corrected chi connectivity index (χ1v) is 7.74. The molecule has 0 bridgehead atoms. The van der Waals surface area contributed by atoms with E-state index >= 15 is 0 Å². The van der Waals surface area contributed by atoms with Crippen molar-refractivity contribution >= 4 is 0 Å². The zero-order valence-corrected chi connectivity index (χ0v) is 12.4. The van der Waals surface area contributed by atoms with E-state index in [1.165, 1.54) is 61.6 Å². The highest BCUT2D eigenvalue weighted by Gasteiger charge is 2.18. The molecule has 1 aromatic rings. The van der Waals surface area contributed by atoms with E-state index in [1.54, 1.807) is 0 Å². The van der Waals surface area contributed by atoms with Crippen LogP contribution in [0, 0.1) is 19.8 Å². The molecule has 3 N–H and O–H groups in total. The molecular weight excluding hydrogens is 232 g/mol. The lowest BCUT2D eigenvalue weighted by atomic mass is 9.89. The van der Waals surface area contributed by atoms with Crippen LogP contribution in [0.2, 0.25) is 0 Å². The molecule has 0 aromatic heterocycles. The van der Waals surface area contributed by atoms with Crippen LogP contribution < -0.4 is 11.3 Å². The highest BCUT2D eigenvalue weighted by molar-refractivity contribution is 5.31. The molecule has 106 valence electrons. The highest BCUT2D eigenvalue weighted by Crippen LogP contribution is 2.31. The van der Waals surface area contributed by atoms with Gasteiger partial charge in [-0.3, -0.25) is 11.3 Å². The van der Waals surface area contributed by atoms with E-state index < -0.39 is 0 Å². The number of nitrogens with one attached hydrogen (secondary N) is 1. The van der Waals surface area contributed by atoms with Gasteiger partial charge in [0, 0.05) is 6.04 Å². The van der Waals surface area contributed by atoms with Crippen molar-refractivity contribution in [1.29, 1.82) is 0 Å². The molecule has 2 rings (SSSR count). The van der Waals surface area contributed by atoms with Crippen LogP contribution in [-0.4, -0.2) is 0 Å². The molecule has 0 heterocycles. The van der Waals surface area contributed by atoms with E-state index in [0.717, 1.165) is 5.92 Å². The molecule has 19 heavy (non-hydrogen) atoms. The summed E-state index contributed by atoms with van der Waals surface area (Å²) in [4.78, 5) is 0. The van der Waals surface area contributed by atoms with Gasteiger partial charge in [-0.25, -0.2) is 0 Å². The molecule has 0 amide bonds. The van der Waals surface area contributed by atoms with E-state index in [1.807, 2.05) is 0 Å². The number of rotatable bonds is 4. The first kappa shape index (κ1) is 14.5. The van der Waals surface area contributed by atoms with Gasteiger partial charge < -0.3 is 0 Å². The lowest BCUT2D eigenvalue weighted by Crippen LogP contribution is -2.29. The largest absolute Gasteiger partial charge is 0.271 e. The predicted octanol–water partition coefficient (Wildman–Crippen LogP) is 4.17. The number of aryl methyl sites for hydroxylation is 2. The van der Waals surface area contributed by atoms with Gasteiger partial charge in [-0.2, -0.15) is 0 Å². The van der Waals surface area contributed by atoms with Crippen LogP contribution in [0.1, 0.15) is 67.7 Å². The Morgan fingerprint density at radius 1 is 1.11 bits per heavy atom. The number of hydrogen-bond acceptors (Lipinski definition) is 2. The summed E-state index contributed by atoms with van der Waals surface area (Å²) in [7, 11) is 0. The van der Waals surface area contributed by atoms with Gasteiger partial charge in [-0.05, 0) is 42.9 Å². The molecule has 0 saturated heterocycles. The normalized spacial score (nSPS) is 19.1. The number of hydrogen-bond donors (Lipinski definition) is 2. The molecule has 1 unspecified atom stereocenters. The predicted molar refractivity (Wildman–Crippen MR) is 81.8 cm³/mol. The van der Waals surface area contributed by atoms with Crippen LogP contribution in [-0.2, 0) is 0 Å². The molecule has 1 aliphatic carbocycles. The second-order valence-corrected chi connectivity index (χ2v) is 6.16.